The second-order valence-corrected chi connectivity index (χ2v) is 5.59. The number of methoxy groups -OCH3 is 1. The van der Waals surface area contributed by atoms with Crippen molar-refractivity contribution in [1.29, 1.82) is 0 Å². The number of esters is 1. The van der Waals surface area contributed by atoms with Crippen LogP contribution in [0.5, 0.6) is 0 Å². The van der Waals surface area contributed by atoms with Crippen LogP contribution in [-0.2, 0) is 4.74 Å². The van der Waals surface area contributed by atoms with Crippen LogP contribution in [0.2, 0.25) is 0 Å². The fourth-order valence-electron chi connectivity index (χ4n) is 1.03. The number of rotatable bonds is 1. The van der Waals surface area contributed by atoms with Gasteiger partial charge in [-0.15, -0.1) is 11.3 Å². The Labute approximate surface area is 89.3 Å². The quantitative estimate of drug-likeness (QED) is 0.568. The Hall–Kier alpha value is -0.490. The zero-order chi connectivity index (χ0) is 9.26. The Morgan fingerprint density at radius 3 is 3.15 bits per heavy atom. The summed E-state index contributed by atoms with van der Waals surface area (Å²) in [5.74, 6) is -0.237. The van der Waals surface area contributed by atoms with E-state index in [9.17, 15) is 4.79 Å². The number of carbonyl (C=O) groups is 1. The third-order valence-electron chi connectivity index (χ3n) is 1.65. The van der Waals surface area contributed by atoms with Crippen molar-refractivity contribution in [2.45, 2.75) is 0 Å². The first-order chi connectivity index (χ1) is 6.31. The van der Waals surface area contributed by atoms with Gasteiger partial charge in [-0.05, 0) is 25.5 Å². The first-order valence-corrected chi connectivity index (χ1v) is 6.96. The first kappa shape index (κ1) is 9.08. The highest BCUT2D eigenvalue weighted by Crippen LogP contribution is 2.06. The summed E-state index contributed by atoms with van der Waals surface area (Å²) >= 11 is 1.58. The number of ether oxygens (including phenoxy) is 1. The fourth-order valence-corrected chi connectivity index (χ4v) is 4.13. The average Bonchev–Trinajstić information content (AvgIpc) is 2.59. The molecule has 0 fully saturated rings. The molecule has 1 aromatic heterocycles. The summed E-state index contributed by atoms with van der Waals surface area (Å²) in [6.07, 6.45) is 2.09. The minimum absolute atomic E-state index is 0.0675. The van der Waals surface area contributed by atoms with Crippen molar-refractivity contribution in [3.63, 3.8) is 0 Å². The normalized spacial score (nSPS) is 13.3. The number of hydrogen-bond donors (Lipinski definition) is 0. The van der Waals surface area contributed by atoms with Gasteiger partial charge in [-0.1, -0.05) is 20.7 Å². The van der Waals surface area contributed by atoms with Crippen LogP contribution < -0.4 is 9.75 Å². The number of hydrogen-bond acceptors (Lipinski definition) is 3. The van der Waals surface area contributed by atoms with Crippen molar-refractivity contribution < 1.29 is 9.53 Å². The maximum absolute atomic E-state index is 11.2. The summed E-state index contributed by atoms with van der Waals surface area (Å²) in [6, 6.07) is 1.89. The zero-order valence-electron chi connectivity index (χ0n) is 6.91. The number of halogens is 1. The monoisotopic (exact) mass is 306 g/mol. The van der Waals surface area contributed by atoms with Crippen LogP contribution in [-0.4, -0.2) is 17.1 Å². The summed E-state index contributed by atoms with van der Waals surface area (Å²) < 4.78 is 10.3. The summed E-state index contributed by atoms with van der Waals surface area (Å²) in [5.41, 5.74) is 0. The summed E-state index contributed by atoms with van der Waals surface area (Å²) in [6.45, 7) is 0. The van der Waals surface area contributed by atoms with Gasteiger partial charge in [0, 0.05) is 4.53 Å². The largest absolute Gasteiger partial charge is 0.465 e. The van der Waals surface area contributed by atoms with Crippen molar-refractivity contribution >= 4 is 52.2 Å². The lowest BCUT2D eigenvalue weighted by atomic mass is 10.3. The maximum atomic E-state index is 11.2. The van der Waals surface area contributed by atoms with Crippen molar-refractivity contribution in [3.8, 4) is 0 Å². The standard InChI is InChI=1S/C9H7IO2S/c1-12-9(11)7-4-6-2-3-10-5-8(6)13-7/h2-5H,1H3. The topological polar surface area (TPSA) is 26.3 Å². The highest BCUT2D eigenvalue weighted by atomic mass is 127. The summed E-state index contributed by atoms with van der Waals surface area (Å²) in [5, 5.41) is 1.15. The van der Waals surface area contributed by atoms with Crippen LogP contribution >= 0.6 is 32.1 Å². The molecular formula is C9H7IO2S. The highest BCUT2D eigenvalue weighted by Gasteiger charge is 2.07. The summed E-state index contributed by atoms with van der Waals surface area (Å²) in [7, 11) is 1.41. The predicted molar refractivity (Wildman–Crippen MR) is 63.9 cm³/mol. The van der Waals surface area contributed by atoms with Crippen LogP contribution in [0.3, 0.4) is 0 Å². The minimum atomic E-state index is -0.237. The van der Waals surface area contributed by atoms with Gasteiger partial charge in [0.2, 0.25) is 0 Å². The number of carbonyl (C=O) groups excluding carboxylic acids is 1. The van der Waals surface area contributed by atoms with E-state index in [2.05, 4.69) is 18.9 Å². The van der Waals surface area contributed by atoms with Gasteiger partial charge in [0.25, 0.3) is 0 Å². The molecule has 0 saturated heterocycles. The molecule has 0 spiro atoms. The zero-order valence-corrected chi connectivity index (χ0v) is 9.89. The molecule has 68 valence electrons. The van der Waals surface area contributed by atoms with E-state index in [1.807, 2.05) is 6.07 Å². The van der Waals surface area contributed by atoms with E-state index < -0.39 is 0 Å². The molecule has 0 aliphatic carbocycles. The lowest BCUT2D eigenvalue weighted by molar-refractivity contribution is 0.0606. The molecule has 0 N–H and O–H groups in total. The molecule has 0 amide bonds. The highest BCUT2D eigenvalue weighted by molar-refractivity contribution is 14.2. The molecule has 0 unspecified atom stereocenters. The third-order valence-corrected chi connectivity index (χ3v) is 4.91. The van der Waals surface area contributed by atoms with E-state index in [-0.39, 0.29) is 26.7 Å². The van der Waals surface area contributed by atoms with E-state index in [1.54, 1.807) is 0 Å². The minimum Gasteiger partial charge on any atom is -0.465 e. The molecule has 0 aromatic carbocycles. The molecule has 2 heterocycles. The molecule has 2 nitrogen and oxygen atoms in total. The van der Waals surface area contributed by atoms with Crippen molar-refractivity contribution in [3.05, 3.63) is 20.7 Å². The first-order valence-electron chi connectivity index (χ1n) is 3.65. The second-order valence-electron chi connectivity index (χ2n) is 2.45. The van der Waals surface area contributed by atoms with Crippen molar-refractivity contribution in [1.82, 2.24) is 0 Å². The lowest BCUT2D eigenvalue weighted by Gasteiger charge is -1.90. The summed E-state index contributed by atoms with van der Waals surface area (Å²) in [4.78, 5) is 11.9. The van der Waals surface area contributed by atoms with E-state index in [1.165, 1.54) is 23.0 Å². The maximum Gasteiger partial charge on any atom is 0.348 e. The molecule has 1 aliphatic heterocycles. The van der Waals surface area contributed by atoms with Crippen molar-refractivity contribution in [2.75, 3.05) is 7.11 Å². The Morgan fingerprint density at radius 1 is 1.62 bits per heavy atom. The van der Waals surface area contributed by atoms with Gasteiger partial charge in [0.05, 0.1) is 7.11 Å². The Kier molecular flexibility index (Phi) is 2.59. The lowest BCUT2D eigenvalue weighted by Crippen LogP contribution is -2.17. The molecule has 0 bridgehead atoms. The van der Waals surface area contributed by atoms with E-state index in [0.29, 0.717) is 4.88 Å². The second kappa shape index (κ2) is 3.71. The van der Waals surface area contributed by atoms with Crippen LogP contribution in [0.15, 0.2) is 6.07 Å². The smallest absolute Gasteiger partial charge is 0.348 e. The molecular weight excluding hydrogens is 299 g/mol. The molecule has 1 aromatic rings. The fraction of sp³-hybridized carbons (Fsp3) is 0.111. The average molecular weight is 306 g/mol. The van der Waals surface area contributed by atoms with Gasteiger partial charge in [0.1, 0.15) is 4.88 Å². The molecule has 0 atom stereocenters. The number of fused-ring (bicyclic) bond motifs is 1. The van der Waals surface area contributed by atoms with Crippen LogP contribution in [0.4, 0.5) is 0 Å². The van der Waals surface area contributed by atoms with E-state index in [4.69, 9.17) is 0 Å². The molecule has 4 heteroatoms. The molecule has 13 heavy (non-hydrogen) atoms. The SMILES string of the molecule is COC(=O)c1cc2c(s1)=CI=CC=2. The third kappa shape index (κ3) is 1.73. The van der Waals surface area contributed by atoms with Crippen LogP contribution in [0, 0.1) is 0 Å². The molecule has 2 rings (SSSR count). The van der Waals surface area contributed by atoms with Gasteiger partial charge in [-0.2, -0.15) is 0 Å². The Bertz CT molecular complexity index is 449. The van der Waals surface area contributed by atoms with Crippen LogP contribution in [0.25, 0.3) is 10.2 Å². The predicted octanol–water partition coefficient (Wildman–Crippen LogP) is 0.840. The van der Waals surface area contributed by atoms with Gasteiger partial charge in [0.15, 0.2) is 0 Å². The van der Waals surface area contributed by atoms with E-state index >= 15 is 0 Å². The van der Waals surface area contributed by atoms with Gasteiger partial charge >= 0.3 is 5.97 Å². The van der Waals surface area contributed by atoms with Crippen LogP contribution in [0.1, 0.15) is 9.67 Å². The van der Waals surface area contributed by atoms with Gasteiger partial charge in [-0.25, -0.2) is 4.79 Å². The van der Waals surface area contributed by atoms with E-state index in [0.717, 1.165) is 5.22 Å². The number of thiophene rings is 1. The van der Waals surface area contributed by atoms with Crippen molar-refractivity contribution in [2.24, 2.45) is 0 Å². The Balaban J connectivity index is 2.57. The molecule has 0 radical (unpaired) electrons. The molecule has 0 saturated carbocycles. The van der Waals surface area contributed by atoms with Gasteiger partial charge in [-0.3, -0.25) is 0 Å². The molecule has 1 aliphatic rings. The van der Waals surface area contributed by atoms with Gasteiger partial charge < -0.3 is 4.74 Å². The Morgan fingerprint density at radius 2 is 2.46 bits per heavy atom.